The first-order valence-corrected chi connectivity index (χ1v) is 7.44. The standard InChI is InChI=1S/C11H8FN3OS2/c12-8-3-1-7(2-4-8)9(16)14-11-15-6-5-13-10(15)17-18-11/h1-4H,5-6H2. The highest BCUT2D eigenvalue weighted by atomic mass is 33.1. The smallest absolute Gasteiger partial charge is 0.279 e. The van der Waals surface area contributed by atoms with Crippen molar-refractivity contribution in [2.24, 2.45) is 9.98 Å². The average Bonchev–Trinajstić information content (AvgIpc) is 2.95. The summed E-state index contributed by atoms with van der Waals surface area (Å²) in [6, 6.07) is 5.39. The van der Waals surface area contributed by atoms with Crippen LogP contribution in [-0.4, -0.2) is 34.2 Å². The predicted octanol–water partition coefficient (Wildman–Crippen LogP) is 2.39. The van der Waals surface area contributed by atoms with Crippen LogP contribution in [-0.2, 0) is 0 Å². The number of benzene rings is 1. The summed E-state index contributed by atoms with van der Waals surface area (Å²) in [6.07, 6.45) is 0. The molecule has 0 radical (unpaired) electrons. The molecule has 2 aliphatic heterocycles. The average molecular weight is 281 g/mol. The molecule has 1 fully saturated rings. The van der Waals surface area contributed by atoms with Gasteiger partial charge in [0.05, 0.1) is 6.54 Å². The molecule has 1 saturated heterocycles. The number of fused-ring (bicyclic) bond motifs is 1. The molecular formula is C11H8FN3OS2. The third-order valence-corrected chi connectivity index (χ3v) is 4.70. The fraction of sp³-hybridized carbons (Fsp3) is 0.182. The zero-order valence-corrected chi connectivity index (χ0v) is 10.8. The van der Waals surface area contributed by atoms with Gasteiger partial charge in [-0.1, -0.05) is 0 Å². The van der Waals surface area contributed by atoms with Gasteiger partial charge in [-0.25, -0.2) is 4.39 Å². The summed E-state index contributed by atoms with van der Waals surface area (Å²) in [4.78, 5) is 22.2. The van der Waals surface area contributed by atoms with Gasteiger partial charge in [0.1, 0.15) is 5.82 Å². The normalized spacial score (nSPS) is 20.2. The highest BCUT2D eigenvalue weighted by Crippen LogP contribution is 2.38. The van der Waals surface area contributed by atoms with Crippen LogP contribution < -0.4 is 0 Å². The van der Waals surface area contributed by atoms with Crippen LogP contribution in [0, 0.1) is 5.82 Å². The topological polar surface area (TPSA) is 45.0 Å². The van der Waals surface area contributed by atoms with Gasteiger partial charge in [0.25, 0.3) is 5.91 Å². The van der Waals surface area contributed by atoms with Gasteiger partial charge in [-0.2, -0.15) is 4.99 Å². The summed E-state index contributed by atoms with van der Waals surface area (Å²) in [5, 5.41) is 1.57. The minimum absolute atomic E-state index is 0.355. The SMILES string of the molecule is O=C(N=C1SSC2=NCCN21)c1ccc(F)cc1. The predicted molar refractivity (Wildman–Crippen MR) is 72.4 cm³/mol. The lowest BCUT2D eigenvalue weighted by molar-refractivity contribution is 0.100. The number of halogens is 1. The molecule has 0 N–H and O–H groups in total. The molecule has 7 heteroatoms. The second-order valence-electron chi connectivity index (χ2n) is 3.69. The molecule has 0 aromatic heterocycles. The van der Waals surface area contributed by atoms with E-state index >= 15 is 0 Å². The van der Waals surface area contributed by atoms with Crippen molar-refractivity contribution in [3.63, 3.8) is 0 Å². The number of rotatable bonds is 1. The Morgan fingerprint density at radius 1 is 1.33 bits per heavy atom. The quantitative estimate of drug-likeness (QED) is 0.741. The number of nitrogens with zero attached hydrogens (tertiary/aromatic N) is 3. The van der Waals surface area contributed by atoms with Crippen molar-refractivity contribution in [2.45, 2.75) is 0 Å². The van der Waals surface area contributed by atoms with E-state index < -0.39 is 0 Å². The van der Waals surface area contributed by atoms with Crippen LogP contribution in [0.1, 0.15) is 10.4 Å². The van der Waals surface area contributed by atoms with Gasteiger partial charge in [0, 0.05) is 12.1 Å². The van der Waals surface area contributed by atoms with Gasteiger partial charge in [-0.15, -0.1) is 0 Å². The fourth-order valence-corrected chi connectivity index (χ4v) is 3.88. The number of aliphatic imine (C=N–C) groups is 2. The molecule has 92 valence electrons. The second kappa shape index (κ2) is 4.74. The highest BCUT2D eigenvalue weighted by Gasteiger charge is 2.31. The first kappa shape index (κ1) is 11.7. The first-order valence-electron chi connectivity index (χ1n) is 5.29. The number of hydrogen-bond acceptors (Lipinski definition) is 4. The maximum absolute atomic E-state index is 12.8. The number of amides is 1. The first-order chi connectivity index (χ1) is 8.74. The van der Waals surface area contributed by atoms with Crippen LogP contribution in [0.2, 0.25) is 0 Å². The van der Waals surface area contributed by atoms with Crippen LogP contribution in [0.5, 0.6) is 0 Å². The molecule has 3 rings (SSSR count). The Kier molecular flexibility index (Phi) is 3.09. The van der Waals surface area contributed by atoms with Crippen LogP contribution >= 0.6 is 21.6 Å². The van der Waals surface area contributed by atoms with E-state index in [1.165, 1.54) is 45.9 Å². The van der Waals surface area contributed by atoms with E-state index in [9.17, 15) is 9.18 Å². The molecule has 1 amide bonds. The third kappa shape index (κ3) is 2.15. The van der Waals surface area contributed by atoms with Gasteiger partial charge in [-0.3, -0.25) is 14.7 Å². The van der Waals surface area contributed by atoms with Gasteiger partial charge in [-0.05, 0) is 45.9 Å². The zero-order valence-electron chi connectivity index (χ0n) is 9.17. The van der Waals surface area contributed by atoms with Crippen molar-refractivity contribution in [1.82, 2.24) is 4.90 Å². The van der Waals surface area contributed by atoms with Crippen LogP contribution in [0.4, 0.5) is 4.39 Å². The van der Waals surface area contributed by atoms with E-state index in [0.29, 0.717) is 10.7 Å². The van der Waals surface area contributed by atoms with Crippen LogP contribution in [0.25, 0.3) is 0 Å². The van der Waals surface area contributed by atoms with E-state index in [1.807, 2.05) is 4.90 Å². The van der Waals surface area contributed by atoms with E-state index in [4.69, 9.17) is 0 Å². The van der Waals surface area contributed by atoms with Gasteiger partial charge in [0.2, 0.25) is 0 Å². The van der Waals surface area contributed by atoms with Crippen LogP contribution in [0.15, 0.2) is 34.3 Å². The summed E-state index contributed by atoms with van der Waals surface area (Å²) in [6.45, 7) is 1.51. The molecule has 1 aromatic rings. The van der Waals surface area contributed by atoms with Gasteiger partial charge < -0.3 is 0 Å². The Labute approximate surface area is 111 Å². The Hall–Kier alpha value is -1.34. The summed E-state index contributed by atoms with van der Waals surface area (Å²) >= 11 is 0. The Bertz CT molecular complexity index is 556. The fourth-order valence-electron chi connectivity index (χ4n) is 1.62. The van der Waals surface area contributed by atoms with E-state index in [0.717, 1.165) is 18.3 Å². The number of hydrogen-bond donors (Lipinski definition) is 0. The highest BCUT2D eigenvalue weighted by molar-refractivity contribution is 8.88. The summed E-state index contributed by atoms with van der Waals surface area (Å²) in [5.74, 6) is -0.717. The summed E-state index contributed by atoms with van der Waals surface area (Å²) < 4.78 is 12.8. The molecule has 2 aliphatic rings. The zero-order chi connectivity index (χ0) is 12.5. The summed E-state index contributed by atoms with van der Waals surface area (Å²) in [5.41, 5.74) is 0.388. The molecule has 0 aliphatic carbocycles. The maximum atomic E-state index is 12.8. The van der Waals surface area contributed by atoms with Crippen molar-refractivity contribution < 1.29 is 9.18 Å². The Morgan fingerprint density at radius 2 is 2.11 bits per heavy atom. The van der Waals surface area contributed by atoms with Crippen molar-refractivity contribution in [3.05, 3.63) is 35.6 Å². The molecular weight excluding hydrogens is 273 g/mol. The minimum Gasteiger partial charge on any atom is -0.297 e. The monoisotopic (exact) mass is 281 g/mol. The maximum Gasteiger partial charge on any atom is 0.279 e. The molecule has 0 unspecified atom stereocenters. The lowest BCUT2D eigenvalue weighted by Gasteiger charge is -2.09. The second-order valence-corrected chi connectivity index (χ2v) is 5.75. The van der Waals surface area contributed by atoms with Crippen molar-refractivity contribution >= 4 is 37.8 Å². The van der Waals surface area contributed by atoms with Crippen molar-refractivity contribution in [2.75, 3.05) is 13.1 Å². The number of carbonyl (C=O) groups is 1. The summed E-state index contributed by atoms with van der Waals surface area (Å²) in [7, 11) is 2.94. The molecule has 0 saturated carbocycles. The number of carbonyl (C=O) groups excluding carboxylic acids is 1. The lowest BCUT2D eigenvalue weighted by Crippen LogP contribution is -2.26. The van der Waals surface area contributed by atoms with Crippen LogP contribution in [0.3, 0.4) is 0 Å². The molecule has 4 nitrogen and oxygen atoms in total. The largest absolute Gasteiger partial charge is 0.297 e. The molecule has 0 bridgehead atoms. The van der Waals surface area contributed by atoms with E-state index in [2.05, 4.69) is 9.98 Å². The number of amidine groups is 2. The van der Waals surface area contributed by atoms with E-state index in [1.54, 1.807) is 0 Å². The van der Waals surface area contributed by atoms with Crippen molar-refractivity contribution in [1.29, 1.82) is 0 Å². The van der Waals surface area contributed by atoms with E-state index in [-0.39, 0.29) is 11.7 Å². The lowest BCUT2D eigenvalue weighted by atomic mass is 10.2. The minimum atomic E-state index is -0.362. The Morgan fingerprint density at radius 3 is 2.89 bits per heavy atom. The molecule has 0 spiro atoms. The van der Waals surface area contributed by atoms with Gasteiger partial charge in [0.15, 0.2) is 10.3 Å². The molecule has 0 atom stereocenters. The third-order valence-electron chi connectivity index (χ3n) is 2.51. The molecule has 1 aromatic carbocycles. The Balaban J connectivity index is 1.82. The molecule has 2 heterocycles. The van der Waals surface area contributed by atoms with Crippen molar-refractivity contribution in [3.8, 4) is 0 Å². The van der Waals surface area contributed by atoms with Gasteiger partial charge >= 0.3 is 0 Å². The molecule has 18 heavy (non-hydrogen) atoms.